The van der Waals surface area contributed by atoms with E-state index in [2.05, 4.69) is 50.9 Å². The summed E-state index contributed by atoms with van der Waals surface area (Å²) in [5.41, 5.74) is 9.80. The van der Waals surface area contributed by atoms with Crippen molar-refractivity contribution in [3.8, 4) is 0 Å². The summed E-state index contributed by atoms with van der Waals surface area (Å²) in [5.74, 6) is 2.86. The molecular weight excluding hydrogens is 390 g/mol. The lowest BCUT2D eigenvalue weighted by molar-refractivity contribution is -0.0679. The first-order chi connectivity index (χ1) is 9.97. The van der Waals surface area contributed by atoms with E-state index in [0.717, 1.165) is 17.8 Å². The highest BCUT2D eigenvalue weighted by Crippen LogP contribution is 2.63. The summed E-state index contributed by atoms with van der Waals surface area (Å²) >= 11 is 7.44. The molecule has 21 heavy (non-hydrogen) atoms. The van der Waals surface area contributed by atoms with Crippen molar-refractivity contribution in [3.05, 3.63) is 32.2 Å². The summed E-state index contributed by atoms with van der Waals surface area (Å²) < 4.78 is 2.37. The maximum absolute atomic E-state index is 6.86. The molecule has 114 valence electrons. The molecule has 4 fully saturated rings. The van der Waals surface area contributed by atoms with Gasteiger partial charge in [0.05, 0.1) is 0 Å². The van der Waals surface area contributed by atoms with Crippen LogP contribution in [0.25, 0.3) is 0 Å². The smallest absolute Gasteiger partial charge is 0.0364 e. The Morgan fingerprint density at radius 1 is 1.00 bits per heavy atom. The van der Waals surface area contributed by atoms with E-state index in [0.29, 0.717) is 5.41 Å². The van der Waals surface area contributed by atoms with Gasteiger partial charge in [-0.15, -0.1) is 0 Å². The van der Waals surface area contributed by atoms with Gasteiger partial charge in [0.15, 0.2) is 0 Å². The van der Waals surface area contributed by atoms with Crippen molar-refractivity contribution in [2.75, 3.05) is 0 Å². The Bertz CT molecular complexity index is 546. The number of rotatable bonds is 2. The van der Waals surface area contributed by atoms with Crippen molar-refractivity contribution in [1.82, 2.24) is 0 Å². The molecule has 4 aliphatic rings. The first kappa shape index (κ1) is 14.7. The van der Waals surface area contributed by atoms with Gasteiger partial charge in [-0.25, -0.2) is 0 Å². The SMILES string of the molecule is Cc1cc(Br)c(C(N)C23CC4CC(CC(C4)C2)C3)cc1Br. The molecule has 2 N–H and O–H groups in total. The molecule has 0 aromatic heterocycles. The number of nitrogens with two attached hydrogens (primary N) is 1. The van der Waals surface area contributed by atoms with Crippen molar-refractivity contribution in [2.45, 2.75) is 51.5 Å². The highest BCUT2D eigenvalue weighted by molar-refractivity contribution is 9.11. The summed E-state index contributed by atoms with van der Waals surface area (Å²) in [4.78, 5) is 0. The molecule has 5 rings (SSSR count). The van der Waals surface area contributed by atoms with Crippen LogP contribution >= 0.6 is 31.9 Å². The number of hydrogen-bond acceptors (Lipinski definition) is 1. The molecule has 3 heteroatoms. The minimum absolute atomic E-state index is 0.178. The van der Waals surface area contributed by atoms with E-state index in [1.807, 2.05) is 0 Å². The average molecular weight is 413 g/mol. The summed E-state index contributed by atoms with van der Waals surface area (Å²) in [6.45, 7) is 2.13. The van der Waals surface area contributed by atoms with E-state index in [9.17, 15) is 0 Å². The maximum atomic E-state index is 6.86. The first-order valence-electron chi connectivity index (χ1n) is 8.18. The third kappa shape index (κ3) is 2.35. The second kappa shape index (κ2) is 5.07. The zero-order valence-electron chi connectivity index (χ0n) is 12.5. The molecule has 1 atom stereocenters. The van der Waals surface area contributed by atoms with Crippen LogP contribution < -0.4 is 5.73 Å². The highest BCUT2D eigenvalue weighted by Gasteiger charge is 2.53. The quantitative estimate of drug-likeness (QED) is 0.658. The average Bonchev–Trinajstić information content (AvgIpc) is 2.40. The van der Waals surface area contributed by atoms with Crippen LogP contribution in [-0.2, 0) is 0 Å². The minimum Gasteiger partial charge on any atom is -0.323 e. The third-order valence-corrected chi connectivity index (χ3v) is 7.90. The number of aryl methyl sites for hydroxylation is 1. The van der Waals surface area contributed by atoms with E-state index < -0.39 is 0 Å². The Kier molecular flexibility index (Phi) is 3.55. The van der Waals surface area contributed by atoms with E-state index >= 15 is 0 Å². The van der Waals surface area contributed by atoms with E-state index in [1.54, 1.807) is 0 Å². The first-order valence-corrected chi connectivity index (χ1v) is 9.76. The van der Waals surface area contributed by atoms with Gasteiger partial charge in [0.25, 0.3) is 0 Å². The highest BCUT2D eigenvalue weighted by atomic mass is 79.9. The normalized spacial score (nSPS) is 38.8. The van der Waals surface area contributed by atoms with Gasteiger partial charge in [0.1, 0.15) is 0 Å². The Balaban J connectivity index is 1.71. The second-order valence-corrected chi connectivity index (χ2v) is 9.59. The van der Waals surface area contributed by atoms with Crippen molar-refractivity contribution in [1.29, 1.82) is 0 Å². The molecular formula is C18H23Br2N. The van der Waals surface area contributed by atoms with Crippen molar-refractivity contribution in [2.24, 2.45) is 28.9 Å². The standard InChI is InChI=1S/C18H23Br2N/c1-10-2-16(20)14(6-15(10)19)17(21)18-7-11-3-12(8-18)5-13(4-11)9-18/h2,6,11-13,17H,3-5,7-9,21H2,1H3. The lowest BCUT2D eigenvalue weighted by Crippen LogP contribution is -2.50. The van der Waals surface area contributed by atoms with Gasteiger partial charge in [0, 0.05) is 15.0 Å². The Morgan fingerprint density at radius 2 is 1.52 bits per heavy atom. The topological polar surface area (TPSA) is 26.0 Å². The second-order valence-electron chi connectivity index (χ2n) is 7.88. The van der Waals surface area contributed by atoms with Gasteiger partial charge in [-0.05, 0) is 91.9 Å². The fraction of sp³-hybridized carbons (Fsp3) is 0.667. The molecule has 1 nitrogen and oxygen atoms in total. The van der Waals surface area contributed by atoms with Crippen molar-refractivity contribution >= 4 is 31.9 Å². The van der Waals surface area contributed by atoms with Crippen LogP contribution in [0.4, 0.5) is 0 Å². The maximum Gasteiger partial charge on any atom is 0.0364 e. The fourth-order valence-electron chi connectivity index (χ4n) is 5.79. The van der Waals surface area contributed by atoms with Crippen LogP contribution in [0.1, 0.15) is 55.7 Å². The number of halogens is 2. The summed E-state index contributed by atoms with van der Waals surface area (Å²) in [6, 6.07) is 4.64. The molecule has 4 aliphatic carbocycles. The van der Waals surface area contributed by atoms with Crippen molar-refractivity contribution in [3.63, 3.8) is 0 Å². The Morgan fingerprint density at radius 3 is 2.05 bits per heavy atom. The molecule has 1 aromatic carbocycles. The molecule has 0 aliphatic heterocycles. The fourth-order valence-corrected chi connectivity index (χ4v) is 6.85. The molecule has 0 heterocycles. The zero-order valence-corrected chi connectivity index (χ0v) is 15.7. The number of benzene rings is 1. The van der Waals surface area contributed by atoms with E-state index in [1.165, 1.54) is 58.6 Å². The van der Waals surface area contributed by atoms with Gasteiger partial charge in [-0.3, -0.25) is 0 Å². The molecule has 4 bridgehead atoms. The summed E-state index contributed by atoms with van der Waals surface area (Å²) in [7, 11) is 0. The molecule has 0 amide bonds. The van der Waals surface area contributed by atoms with Gasteiger partial charge in [-0.2, -0.15) is 0 Å². The zero-order chi connectivity index (χ0) is 14.8. The third-order valence-electron chi connectivity index (χ3n) is 6.36. The minimum atomic E-state index is 0.178. The van der Waals surface area contributed by atoms with Gasteiger partial charge < -0.3 is 5.73 Å². The predicted molar refractivity (Wildman–Crippen MR) is 94.1 cm³/mol. The Labute approximate surface area is 144 Å². The van der Waals surface area contributed by atoms with Crippen LogP contribution in [0.2, 0.25) is 0 Å². The van der Waals surface area contributed by atoms with E-state index in [4.69, 9.17) is 5.73 Å². The Hall–Kier alpha value is 0.140. The molecule has 4 saturated carbocycles. The van der Waals surface area contributed by atoms with Crippen LogP contribution in [0.5, 0.6) is 0 Å². The number of hydrogen-bond donors (Lipinski definition) is 1. The monoisotopic (exact) mass is 411 g/mol. The van der Waals surface area contributed by atoms with E-state index in [-0.39, 0.29) is 6.04 Å². The molecule has 1 aromatic rings. The van der Waals surface area contributed by atoms with Crippen LogP contribution in [-0.4, -0.2) is 0 Å². The van der Waals surface area contributed by atoms with Crippen LogP contribution in [0.3, 0.4) is 0 Å². The lowest BCUT2D eigenvalue weighted by atomic mass is 9.47. The largest absolute Gasteiger partial charge is 0.323 e. The van der Waals surface area contributed by atoms with Gasteiger partial charge in [-0.1, -0.05) is 31.9 Å². The molecule has 1 unspecified atom stereocenters. The van der Waals surface area contributed by atoms with Crippen LogP contribution in [0.15, 0.2) is 21.1 Å². The van der Waals surface area contributed by atoms with Crippen molar-refractivity contribution < 1.29 is 0 Å². The molecule has 0 spiro atoms. The predicted octanol–water partition coefficient (Wildman–Crippen LogP) is 5.74. The molecule has 0 saturated heterocycles. The van der Waals surface area contributed by atoms with Gasteiger partial charge in [0.2, 0.25) is 0 Å². The van der Waals surface area contributed by atoms with Crippen LogP contribution in [0, 0.1) is 30.1 Å². The lowest BCUT2D eigenvalue weighted by Gasteiger charge is -2.59. The molecule has 0 radical (unpaired) electrons. The van der Waals surface area contributed by atoms with Gasteiger partial charge >= 0.3 is 0 Å². The summed E-state index contributed by atoms with van der Waals surface area (Å²) in [5, 5.41) is 0. The summed E-state index contributed by atoms with van der Waals surface area (Å²) in [6.07, 6.45) is 8.51.